The van der Waals surface area contributed by atoms with Crippen molar-refractivity contribution in [1.82, 2.24) is 4.90 Å². The first-order chi connectivity index (χ1) is 8.10. The number of rotatable bonds is 3. The lowest BCUT2D eigenvalue weighted by atomic mass is 10.0. The highest BCUT2D eigenvalue weighted by molar-refractivity contribution is 5.36. The van der Waals surface area contributed by atoms with Crippen molar-refractivity contribution in [3.63, 3.8) is 0 Å². The number of likely N-dealkylation sites (tertiary alicyclic amines) is 1. The summed E-state index contributed by atoms with van der Waals surface area (Å²) in [6, 6.07) is 4.65. The quantitative estimate of drug-likeness (QED) is 0.867. The molecular formula is C15H24N2. The van der Waals surface area contributed by atoms with E-state index < -0.39 is 0 Å². The van der Waals surface area contributed by atoms with Gasteiger partial charge in [0.25, 0.3) is 0 Å². The van der Waals surface area contributed by atoms with Crippen LogP contribution in [-0.4, -0.2) is 24.5 Å². The van der Waals surface area contributed by atoms with Gasteiger partial charge in [0.2, 0.25) is 0 Å². The molecule has 0 spiro atoms. The molecule has 0 bridgehead atoms. The van der Waals surface area contributed by atoms with E-state index in [2.05, 4.69) is 37.8 Å². The monoisotopic (exact) mass is 232 g/mol. The van der Waals surface area contributed by atoms with E-state index in [0.717, 1.165) is 13.1 Å². The smallest absolute Gasteiger partial charge is 0.0236 e. The molecule has 17 heavy (non-hydrogen) atoms. The van der Waals surface area contributed by atoms with Gasteiger partial charge in [-0.1, -0.05) is 12.1 Å². The molecule has 1 aliphatic heterocycles. The third-order valence-corrected chi connectivity index (χ3v) is 4.05. The highest BCUT2D eigenvalue weighted by Crippen LogP contribution is 2.21. The van der Waals surface area contributed by atoms with Crippen LogP contribution >= 0.6 is 0 Å². The van der Waals surface area contributed by atoms with E-state index in [-0.39, 0.29) is 0 Å². The second-order valence-corrected chi connectivity index (χ2v) is 5.49. The topological polar surface area (TPSA) is 29.3 Å². The zero-order valence-electron chi connectivity index (χ0n) is 11.3. The van der Waals surface area contributed by atoms with E-state index in [1.54, 1.807) is 0 Å². The summed E-state index contributed by atoms with van der Waals surface area (Å²) >= 11 is 0. The fraction of sp³-hybridized carbons (Fsp3) is 0.600. The molecule has 1 saturated heterocycles. The van der Waals surface area contributed by atoms with Crippen LogP contribution in [0.4, 0.5) is 0 Å². The molecule has 0 aliphatic carbocycles. The molecule has 1 aliphatic rings. The Hall–Kier alpha value is -0.860. The third kappa shape index (κ3) is 2.88. The van der Waals surface area contributed by atoms with Gasteiger partial charge >= 0.3 is 0 Å². The molecule has 1 aromatic carbocycles. The summed E-state index contributed by atoms with van der Waals surface area (Å²) in [5.74, 6) is 0.710. The maximum absolute atomic E-state index is 5.74. The molecule has 1 fully saturated rings. The van der Waals surface area contributed by atoms with Gasteiger partial charge in [0.1, 0.15) is 0 Å². The van der Waals surface area contributed by atoms with Crippen LogP contribution in [0, 0.1) is 26.7 Å². The molecule has 0 amide bonds. The van der Waals surface area contributed by atoms with Gasteiger partial charge in [-0.05, 0) is 68.5 Å². The fourth-order valence-corrected chi connectivity index (χ4v) is 2.68. The summed E-state index contributed by atoms with van der Waals surface area (Å²) in [7, 11) is 0. The van der Waals surface area contributed by atoms with Crippen molar-refractivity contribution in [1.29, 1.82) is 0 Å². The Balaban J connectivity index is 2.06. The molecule has 1 aromatic rings. The zero-order valence-corrected chi connectivity index (χ0v) is 11.3. The van der Waals surface area contributed by atoms with Crippen molar-refractivity contribution in [2.24, 2.45) is 11.7 Å². The van der Waals surface area contributed by atoms with Crippen LogP contribution in [0.15, 0.2) is 12.1 Å². The summed E-state index contributed by atoms with van der Waals surface area (Å²) in [4.78, 5) is 2.54. The number of hydrogen-bond donors (Lipinski definition) is 1. The molecule has 2 nitrogen and oxygen atoms in total. The Labute approximate surface area is 105 Å². The summed E-state index contributed by atoms with van der Waals surface area (Å²) in [5.41, 5.74) is 11.4. The maximum atomic E-state index is 5.74. The number of benzene rings is 1. The minimum Gasteiger partial charge on any atom is -0.330 e. The first-order valence-electron chi connectivity index (χ1n) is 6.59. The third-order valence-electron chi connectivity index (χ3n) is 4.05. The van der Waals surface area contributed by atoms with E-state index in [1.165, 1.54) is 41.8 Å². The molecule has 2 heteroatoms. The van der Waals surface area contributed by atoms with Crippen LogP contribution in [0.5, 0.6) is 0 Å². The van der Waals surface area contributed by atoms with Gasteiger partial charge in [-0.15, -0.1) is 0 Å². The van der Waals surface area contributed by atoms with E-state index >= 15 is 0 Å². The predicted molar refractivity (Wildman–Crippen MR) is 73.1 cm³/mol. The van der Waals surface area contributed by atoms with Crippen LogP contribution in [-0.2, 0) is 6.54 Å². The van der Waals surface area contributed by atoms with Crippen LogP contribution < -0.4 is 5.73 Å². The van der Waals surface area contributed by atoms with Crippen molar-refractivity contribution >= 4 is 0 Å². The van der Waals surface area contributed by atoms with Crippen LogP contribution in [0.25, 0.3) is 0 Å². The SMILES string of the molecule is Cc1cc(C)c(CN2CC[C@H](CN)C2)cc1C. The van der Waals surface area contributed by atoms with Crippen molar-refractivity contribution in [2.75, 3.05) is 19.6 Å². The predicted octanol–water partition coefficient (Wildman–Crippen LogP) is 2.39. The lowest BCUT2D eigenvalue weighted by molar-refractivity contribution is 0.317. The Kier molecular flexibility index (Phi) is 3.85. The number of aryl methyl sites for hydroxylation is 3. The van der Waals surface area contributed by atoms with Crippen LogP contribution in [0.3, 0.4) is 0 Å². The minimum atomic E-state index is 0.710. The molecule has 2 rings (SSSR count). The molecule has 1 atom stereocenters. The van der Waals surface area contributed by atoms with Gasteiger partial charge in [0, 0.05) is 13.1 Å². The van der Waals surface area contributed by atoms with Crippen molar-refractivity contribution in [2.45, 2.75) is 33.7 Å². The maximum Gasteiger partial charge on any atom is 0.0236 e. The number of nitrogens with two attached hydrogens (primary N) is 1. The molecule has 94 valence electrons. The standard InChI is InChI=1S/C15H24N2/c1-11-6-13(3)15(7-12(11)2)10-17-5-4-14(8-16)9-17/h6-7,14H,4-5,8-10,16H2,1-3H3/t14-/m1/s1. The molecule has 0 saturated carbocycles. The Morgan fingerprint density at radius 2 is 1.88 bits per heavy atom. The minimum absolute atomic E-state index is 0.710. The first-order valence-corrected chi connectivity index (χ1v) is 6.59. The summed E-state index contributed by atoms with van der Waals surface area (Å²) in [6.45, 7) is 10.9. The van der Waals surface area contributed by atoms with E-state index in [9.17, 15) is 0 Å². The van der Waals surface area contributed by atoms with E-state index in [1.807, 2.05) is 0 Å². The largest absolute Gasteiger partial charge is 0.330 e. The van der Waals surface area contributed by atoms with Crippen molar-refractivity contribution in [3.05, 3.63) is 34.4 Å². The second-order valence-electron chi connectivity index (χ2n) is 5.49. The molecular weight excluding hydrogens is 208 g/mol. The highest BCUT2D eigenvalue weighted by atomic mass is 15.1. The Morgan fingerprint density at radius 3 is 2.53 bits per heavy atom. The van der Waals surface area contributed by atoms with Gasteiger partial charge in [-0.3, -0.25) is 4.90 Å². The fourth-order valence-electron chi connectivity index (χ4n) is 2.68. The van der Waals surface area contributed by atoms with Gasteiger partial charge in [0.05, 0.1) is 0 Å². The van der Waals surface area contributed by atoms with Gasteiger partial charge in [-0.2, -0.15) is 0 Å². The normalized spacial score (nSPS) is 21.1. The summed E-state index contributed by atoms with van der Waals surface area (Å²) in [5, 5.41) is 0. The van der Waals surface area contributed by atoms with E-state index in [4.69, 9.17) is 5.73 Å². The van der Waals surface area contributed by atoms with Crippen LogP contribution in [0.1, 0.15) is 28.7 Å². The Bertz CT molecular complexity index is 398. The average Bonchev–Trinajstić information content (AvgIpc) is 2.73. The van der Waals surface area contributed by atoms with Gasteiger partial charge in [-0.25, -0.2) is 0 Å². The van der Waals surface area contributed by atoms with Gasteiger partial charge in [0.15, 0.2) is 0 Å². The van der Waals surface area contributed by atoms with Gasteiger partial charge < -0.3 is 5.73 Å². The second kappa shape index (κ2) is 5.19. The van der Waals surface area contributed by atoms with E-state index in [0.29, 0.717) is 5.92 Å². The van der Waals surface area contributed by atoms with Crippen molar-refractivity contribution in [3.8, 4) is 0 Å². The number of nitrogens with zero attached hydrogens (tertiary/aromatic N) is 1. The first kappa shape index (κ1) is 12.6. The Morgan fingerprint density at radius 1 is 1.18 bits per heavy atom. The molecule has 2 N–H and O–H groups in total. The summed E-state index contributed by atoms with van der Waals surface area (Å²) < 4.78 is 0. The lowest BCUT2D eigenvalue weighted by Gasteiger charge is -2.18. The molecule has 0 unspecified atom stereocenters. The molecule has 0 aromatic heterocycles. The van der Waals surface area contributed by atoms with Crippen LogP contribution in [0.2, 0.25) is 0 Å². The summed E-state index contributed by atoms with van der Waals surface area (Å²) in [6.07, 6.45) is 1.26. The average molecular weight is 232 g/mol. The number of hydrogen-bond acceptors (Lipinski definition) is 2. The zero-order chi connectivity index (χ0) is 12.4. The molecule has 0 radical (unpaired) electrons. The van der Waals surface area contributed by atoms with Crippen molar-refractivity contribution < 1.29 is 0 Å². The lowest BCUT2D eigenvalue weighted by Crippen LogP contribution is -2.23. The highest BCUT2D eigenvalue weighted by Gasteiger charge is 2.21. The molecule has 1 heterocycles.